The summed E-state index contributed by atoms with van der Waals surface area (Å²) in [6, 6.07) is 9.71. The Morgan fingerprint density at radius 1 is 1.03 bits per heavy atom. The maximum absolute atomic E-state index is 13.3. The van der Waals surface area contributed by atoms with Crippen LogP contribution in [0.4, 0.5) is 31.1 Å². The molecule has 1 atom stereocenters. The lowest BCUT2D eigenvalue weighted by molar-refractivity contribution is -0.143. The van der Waals surface area contributed by atoms with Crippen molar-refractivity contribution in [3.05, 3.63) is 82.2 Å². The minimum absolute atomic E-state index is 0.0135. The van der Waals surface area contributed by atoms with E-state index >= 15 is 0 Å². The molecule has 2 aromatic rings. The van der Waals surface area contributed by atoms with Crippen molar-refractivity contribution in [3.8, 4) is 0 Å². The molecule has 2 aromatic carbocycles. The molecule has 1 fully saturated rings. The van der Waals surface area contributed by atoms with Crippen molar-refractivity contribution in [1.82, 2.24) is 5.32 Å². The zero-order chi connectivity index (χ0) is 26.8. The third-order valence-electron chi connectivity index (χ3n) is 6.68. The van der Waals surface area contributed by atoms with Crippen LogP contribution in [0.2, 0.25) is 0 Å². The molecular weight excluding hydrogens is 488 g/mol. The lowest BCUT2D eigenvalue weighted by Gasteiger charge is -2.41. The van der Waals surface area contributed by atoms with Gasteiger partial charge in [0.05, 0.1) is 23.8 Å². The summed E-state index contributed by atoms with van der Waals surface area (Å²) in [6.07, 6.45) is -9.75. The lowest BCUT2D eigenvalue weighted by atomic mass is 9.67. The van der Waals surface area contributed by atoms with E-state index in [0.717, 1.165) is 5.56 Å². The predicted octanol–water partition coefficient (Wildman–Crippen LogP) is 6.60. The molecule has 5 nitrogen and oxygen atoms in total. The highest BCUT2D eigenvalue weighted by molar-refractivity contribution is 5.72. The fraction of sp³-hybridized carbons (Fsp3) is 0.440. The van der Waals surface area contributed by atoms with Gasteiger partial charge in [0.2, 0.25) is 0 Å². The van der Waals surface area contributed by atoms with Gasteiger partial charge in [-0.05, 0) is 49.1 Å². The van der Waals surface area contributed by atoms with Crippen LogP contribution in [0.25, 0.3) is 4.85 Å². The number of carbonyl (C=O) groups excluding carboxylic acids is 1. The zero-order valence-corrected chi connectivity index (χ0v) is 19.3. The predicted molar refractivity (Wildman–Crippen MR) is 119 cm³/mol. The minimum atomic E-state index is -4.96. The Hall–Kier alpha value is -3.26. The van der Waals surface area contributed by atoms with Gasteiger partial charge in [0.25, 0.3) is 0 Å². The molecule has 3 N–H and O–H groups in total. The molecular formula is C25H25F6N3O2. The van der Waals surface area contributed by atoms with E-state index in [1.54, 1.807) is 12.1 Å². The van der Waals surface area contributed by atoms with Gasteiger partial charge in [-0.15, -0.1) is 0 Å². The van der Waals surface area contributed by atoms with Crippen molar-refractivity contribution >= 4 is 6.03 Å². The van der Waals surface area contributed by atoms with E-state index in [9.17, 15) is 31.1 Å². The Balaban J connectivity index is 1.89. The molecule has 0 aromatic heterocycles. The van der Waals surface area contributed by atoms with Crippen LogP contribution < -0.4 is 11.1 Å². The van der Waals surface area contributed by atoms with Crippen LogP contribution in [0.3, 0.4) is 0 Å². The van der Waals surface area contributed by atoms with Crippen molar-refractivity contribution in [2.24, 2.45) is 5.73 Å². The molecule has 1 saturated carbocycles. The SMILES string of the molecule is [C-]#[N+]C1(NC(N)=O)CCC(CO[C@H](C)c2cc(C(F)(F)F)cc(C(F)(F)F)c2)(c2ccccc2)CC1. The van der Waals surface area contributed by atoms with E-state index in [-0.39, 0.29) is 31.1 Å². The van der Waals surface area contributed by atoms with E-state index in [0.29, 0.717) is 25.0 Å². The number of hydrogen-bond donors (Lipinski definition) is 2. The Labute approximate surface area is 204 Å². The van der Waals surface area contributed by atoms with Crippen molar-refractivity contribution in [3.63, 3.8) is 0 Å². The molecule has 0 spiro atoms. The van der Waals surface area contributed by atoms with E-state index < -0.39 is 46.7 Å². The summed E-state index contributed by atoms with van der Waals surface area (Å²) in [5.74, 6) is 0. The van der Waals surface area contributed by atoms with Crippen LogP contribution >= 0.6 is 0 Å². The normalized spacial score (nSPS) is 23.5. The molecule has 0 radical (unpaired) electrons. The van der Waals surface area contributed by atoms with Gasteiger partial charge in [0.1, 0.15) is 0 Å². The van der Waals surface area contributed by atoms with Crippen molar-refractivity contribution in [2.75, 3.05) is 6.61 Å². The van der Waals surface area contributed by atoms with E-state index in [4.69, 9.17) is 17.0 Å². The molecule has 1 aliphatic rings. The van der Waals surface area contributed by atoms with Gasteiger partial charge < -0.3 is 10.5 Å². The summed E-state index contributed by atoms with van der Waals surface area (Å²) in [6.45, 7) is 8.92. The summed E-state index contributed by atoms with van der Waals surface area (Å²) in [5, 5.41) is 2.50. The van der Waals surface area contributed by atoms with Gasteiger partial charge in [-0.2, -0.15) is 26.3 Å². The first-order valence-electron chi connectivity index (χ1n) is 11.1. The number of nitrogens with zero attached hydrogens (tertiary/aromatic N) is 1. The number of halogens is 6. The smallest absolute Gasteiger partial charge is 0.373 e. The molecule has 3 rings (SSSR count). The van der Waals surface area contributed by atoms with Crippen LogP contribution in [0.15, 0.2) is 48.5 Å². The van der Waals surface area contributed by atoms with Crippen LogP contribution in [-0.4, -0.2) is 18.3 Å². The van der Waals surface area contributed by atoms with Crippen LogP contribution in [-0.2, 0) is 22.5 Å². The average molecular weight is 513 g/mol. The number of benzene rings is 2. The van der Waals surface area contributed by atoms with E-state index in [1.807, 2.05) is 18.2 Å². The topological polar surface area (TPSA) is 68.7 Å². The second-order valence-electron chi connectivity index (χ2n) is 9.07. The first kappa shape index (κ1) is 27.3. The molecule has 1 aliphatic carbocycles. The van der Waals surface area contributed by atoms with Gasteiger partial charge in [-0.1, -0.05) is 30.3 Å². The number of ether oxygens (including phenoxy) is 1. The summed E-state index contributed by atoms with van der Waals surface area (Å²) >= 11 is 0. The van der Waals surface area contributed by atoms with Gasteiger partial charge in [0, 0.05) is 18.3 Å². The molecule has 0 aliphatic heterocycles. The molecule has 0 saturated heterocycles. The Kier molecular flexibility index (Phi) is 7.60. The molecule has 0 bridgehead atoms. The number of hydrogen-bond acceptors (Lipinski definition) is 2. The maximum Gasteiger partial charge on any atom is 0.416 e. The van der Waals surface area contributed by atoms with Crippen molar-refractivity contribution in [1.29, 1.82) is 0 Å². The summed E-state index contributed by atoms with van der Waals surface area (Å²) in [5.41, 5.74) is 1.18. The summed E-state index contributed by atoms with van der Waals surface area (Å²) in [4.78, 5) is 15.0. The van der Waals surface area contributed by atoms with Gasteiger partial charge in [0.15, 0.2) is 0 Å². The van der Waals surface area contributed by atoms with Gasteiger partial charge >= 0.3 is 24.0 Å². The van der Waals surface area contributed by atoms with Gasteiger partial charge in [-0.25, -0.2) is 11.4 Å². The van der Waals surface area contributed by atoms with Gasteiger partial charge in [-0.3, -0.25) is 10.2 Å². The Morgan fingerprint density at radius 3 is 2.00 bits per heavy atom. The third kappa shape index (κ3) is 6.10. The standard InChI is InChI=1S/C25H25F6N3O2/c1-16(17-12-19(24(26,27)28)14-20(13-17)25(29,30)31)36-15-22(18-6-4-3-5-7-18)8-10-23(33-2,11-9-22)34-21(32)35/h3-7,12-14,16H,8-11,15H2,1H3,(H3,32,34,35)/t16-,22?,23?/m1/s1. The van der Waals surface area contributed by atoms with Crippen LogP contribution in [0.5, 0.6) is 0 Å². The number of nitrogens with one attached hydrogen (secondary N) is 1. The summed E-state index contributed by atoms with van der Waals surface area (Å²) < 4.78 is 85.6. The second kappa shape index (κ2) is 10.0. The average Bonchev–Trinajstić information content (AvgIpc) is 2.82. The van der Waals surface area contributed by atoms with Crippen LogP contribution in [0.1, 0.15) is 61.0 Å². The van der Waals surface area contributed by atoms with Crippen molar-refractivity contribution in [2.45, 2.75) is 62.1 Å². The third-order valence-corrected chi connectivity index (χ3v) is 6.68. The summed E-state index contributed by atoms with van der Waals surface area (Å²) in [7, 11) is 0. The number of amides is 2. The largest absolute Gasteiger partial charge is 0.416 e. The Bertz CT molecular complexity index is 1090. The highest BCUT2D eigenvalue weighted by Gasteiger charge is 2.49. The highest BCUT2D eigenvalue weighted by Crippen LogP contribution is 2.45. The quantitative estimate of drug-likeness (QED) is 0.338. The van der Waals surface area contributed by atoms with Crippen LogP contribution in [0, 0.1) is 6.57 Å². The highest BCUT2D eigenvalue weighted by atomic mass is 19.4. The lowest BCUT2D eigenvalue weighted by Crippen LogP contribution is -2.53. The van der Waals surface area contributed by atoms with E-state index in [2.05, 4.69) is 10.2 Å². The number of nitrogens with two attached hydrogens (primary N) is 1. The second-order valence-corrected chi connectivity index (χ2v) is 9.07. The molecule has 194 valence electrons. The molecule has 36 heavy (non-hydrogen) atoms. The Morgan fingerprint density at radius 2 is 1.56 bits per heavy atom. The van der Waals surface area contributed by atoms with E-state index in [1.165, 1.54) is 6.92 Å². The maximum atomic E-state index is 13.3. The fourth-order valence-electron chi connectivity index (χ4n) is 4.54. The molecule has 11 heteroatoms. The number of primary amides is 1. The first-order chi connectivity index (χ1) is 16.7. The number of carbonyl (C=O) groups is 1. The molecule has 0 unspecified atom stereocenters. The zero-order valence-electron chi connectivity index (χ0n) is 19.3. The minimum Gasteiger partial charge on any atom is -0.373 e. The first-order valence-corrected chi connectivity index (χ1v) is 11.1. The van der Waals surface area contributed by atoms with Crippen molar-refractivity contribution < 1.29 is 35.9 Å². The molecule has 2 amide bonds. The fourth-order valence-corrected chi connectivity index (χ4v) is 4.54. The monoisotopic (exact) mass is 513 g/mol. The molecule has 0 heterocycles. The number of rotatable bonds is 6. The number of alkyl halides is 6. The number of urea groups is 1.